The summed E-state index contributed by atoms with van der Waals surface area (Å²) in [5, 5.41) is 2.56. The normalized spacial score (nSPS) is 13.6. The number of aromatic nitrogens is 1. The van der Waals surface area contributed by atoms with Crippen LogP contribution in [-0.4, -0.2) is 31.7 Å². The fourth-order valence-electron chi connectivity index (χ4n) is 3.77. The molecule has 1 aromatic heterocycles. The molecule has 0 saturated carbocycles. The number of nitrogens with zero attached hydrogens (tertiary/aromatic N) is 2. The van der Waals surface area contributed by atoms with E-state index in [2.05, 4.69) is 4.98 Å². The minimum atomic E-state index is -4.40. The van der Waals surface area contributed by atoms with Gasteiger partial charge < -0.3 is 14.4 Å². The van der Waals surface area contributed by atoms with Crippen molar-refractivity contribution in [2.45, 2.75) is 25.4 Å². The number of benzene rings is 2. The number of halogens is 3. The van der Waals surface area contributed by atoms with E-state index in [0.717, 1.165) is 22.7 Å². The predicted molar refractivity (Wildman–Crippen MR) is 116 cm³/mol. The molecule has 0 unspecified atom stereocenters. The Labute approximate surface area is 187 Å². The molecule has 2 heterocycles. The van der Waals surface area contributed by atoms with Gasteiger partial charge in [-0.15, -0.1) is 11.3 Å². The second-order valence-electron chi connectivity index (χ2n) is 7.38. The number of hydrogen-bond acceptors (Lipinski definition) is 5. The molecule has 0 bridgehead atoms. The second-order valence-corrected chi connectivity index (χ2v) is 8.24. The van der Waals surface area contributed by atoms with E-state index >= 15 is 0 Å². The minimum absolute atomic E-state index is 0.0737. The number of carbonyl (C=O) groups excluding carboxylic acids is 1. The minimum Gasteiger partial charge on any atom is -0.493 e. The number of carbonyl (C=O) groups is 1. The first-order chi connectivity index (χ1) is 15.3. The van der Waals surface area contributed by atoms with E-state index in [1.807, 2.05) is 17.5 Å². The van der Waals surface area contributed by atoms with E-state index in [4.69, 9.17) is 9.47 Å². The molecular formula is C23H21F3N2O3S. The third kappa shape index (κ3) is 4.43. The molecule has 1 aliphatic rings. The molecule has 4 rings (SSSR count). The van der Waals surface area contributed by atoms with Crippen LogP contribution in [0, 0.1) is 0 Å². The predicted octanol–water partition coefficient (Wildman–Crippen LogP) is 5.37. The van der Waals surface area contributed by atoms with Crippen LogP contribution in [0.1, 0.15) is 23.2 Å². The number of methoxy groups -OCH3 is 2. The molecule has 32 heavy (non-hydrogen) atoms. The molecule has 1 aliphatic heterocycles. The van der Waals surface area contributed by atoms with Gasteiger partial charge in [0.05, 0.1) is 31.9 Å². The van der Waals surface area contributed by atoms with Gasteiger partial charge in [0.15, 0.2) is 11.5 Å². The summed E-state index contributed by atoms with van der Waals surface area (Å²) in [4.78, 5) is 19.1. The molecule has 0 fully saturated rings. The molecule has 2 aromatic carbocycles. The fourth-order valence-corrected chi connectivity index (χ4v) is 4.59. The Kier molecular flexibility index (Phi) is 6.10. The Morgan fingerprint density at radius 3 is 2.62 bits per heavy atom. The van der Waals surface area contributed by atoms with E-state index in [1.165, 1.54) is 17.4 Å². The highest BCUT2D eigenvalue weighted by molar-refractivity contribution is 7.13. The first-order valence-electron chi connectivity index (χ1n) is 9.97. The summed E-state index contributed by atoms with van der Waals surface area (Å²) in [6, 6.07) is 9.05. The van der Waals surface area contributed by atoms with Crippen molar-refractivity contribution < 1.29 is 27.4 Å². The molecule has 9 heteroatoms. The van der Waals surface area contributed by atoms with Crippen LogP contribution in [0.15, 0.2) is 41.8 Å². The zero-order valence-corrected chi connectivity index (χ0v) is 18.3. The Bertz CT molecular complexity index is 1140. The summed E-state index contributed by atoms with van der Waals surface area (Å²) < 4.78 is 49.7. The number of hydrogen-bond donors (Lipinski definition) is 0. The lowest BCUT2D eigenvalue weighted by Gasteiger charge is -2.30. The third-order valence-corrected chi connectivity index (χ3v) is 6.28. The standard InChI is InChI=1S/C23H21F3N2O3S/c1-30-19-8-5-15(11-20(19)31-2)22-27-17(13-32-22)12-21(29)28-9-3-4-14-10-16(23(24,25)26)6-7-18(14)28/h5-8,10-11,13H,3-4,9,12H2,1-2H3. The van der Waals surface area contributed by atoms with Crippen LogP contribution in [-0.2, 0) is 23.8 Å². The second kappa shape index (κ2) is 8.82. The SMILES string of the molecule is COc1ccc(-c2nc(CC(=O)N3CCCc4cc(C(F)(F)F)ccc43)cs2)cc1OC. The molecule has 5 nitrogen and oxygen atoms in total. The molecule has 0 atom stereocenters. The smallest absolute Gasteiger partial charge is 0.416 e. The van der Waals surface area contributed by atoms with Crippen molar-refractivity contribution in [3.63, 3.8) is 0 Å². The molecule has 0 spiro atoms. The van der Waals surface area contributed by atoms with Gasteiger partial charge in [0.1, 0.15) is 5.01 Å². The van der Waals surface area contributed by atoms with Crippen LogP contribution in [0.2, 0.25) is 0 Å². The van der Waals surface area contributed by atoms with Gasteiger partial charge in [-0.2, -0.15) is 13.2 Å². The maximum absolute atomic E-state index is 13.0. The van der Waals surface area contributed by atoms with Gasteiger partial charge in [-0.1, -0.05) is 0 Å². The topological polar surface area (TPSA) is 51.7 Å². The van der Waals surface area contributed by atoms with Crippen LogP contribution < -0.4 is 14.4 Å². The van der Waals surface area contributed by atoms with Gasteiger partial charge in [0.2, 0.25) is 5.91 Å². The number of fused-ring (bicyclic) bond motifs is 1. The van der Waals surface area contributed by atoms with Crippen LogP contribution in [0.25, 0.3) is 10.6 Å². The molecule has 1 amide bonds. The van der Waals surface area contributed by atoms with Gasteiger partial charge in [0.25, 0.3) is 0 Å². The molecule has 0 saturated heterocycles. The van der Waals surface area contributed by atoms with Crippen molar-refractivity contribution in [2.75, 3.05) is 25.7 Å². The lowest BCUT2D eigenvalue weighted by molar-refractivity contribution is -0.137. The largest absolute Gasteiger partial charge is 0.493 e. The van der Waals surface area contributed by atoms with Gasteiger partial charge in [0, 0.05) is 23.2 Å². The van der Waals surface area contributed by atoms with E-state index in [-0.39, 0.29) is 12.3 Å². The van der Waals surface area contributed by atoms with Crippen molar-refractivity contribution in [1.82, 2.24) is 4.98 Å². The Morgan fingerprint density at radius 1 is 1.12 bits per heavy atom. The molecular weight excluding hydrogens is 441 g/mol. The number of ether oxygens (including phenoxy) is 2. The Balaban J connectivity index is 1.52. The summed E-state index contributed by atoms with van der Waals surface area (Å²) in [6.45, 7) is 0.476. The number of rotatable bonds is 5. The highest BCUT2D eigenvalue weighted by Gasteiger charge is 2.32. The van der Waals surface area contributed by atoms with Gasteiger partial charge >= 0.3 is 6.18 Å². The van der Waals surface area contributed by atoms with E-state index in [0.29, 0.717) is 47.8 Å². The van der Waals surface area contributed by atoms with Crippen LogP contribution in [0.4, 0.5) is 18.9 Å². The quantitative estimate of drug-likeness (QED) is 0.512. The third-order valence-electron chi connectivity index (χ3n) is 5.34. The zero-order valence-electron chi connectivity index (χ0n) is 17.5. The van der Waals surface area contributed by atoms with Crippen LogP contribution in [0.5, 0.6) is 11.5 Å². The van der Waals surface area contributed by atoms with Crippen molar-refractivity contribution in [2.24, 2.45) is 0 Å². The van der Waals surface area contributed by atoms with Crippen molar-refractivity contribution in [3.05, 3.63) is 58.6 Å². The first-order valence-corrected chi connectivity index (χ1v) is 10.9. The van der Waals surface area contributed by atoms with Gasteiger partial charge in [-0.05, 0) is 54.8 Å². The van der Waals surface area contributed by atoms with E-state index < -0.39 is 11.7 Å². The zero-order chi connectivity index (χ0) is 22.9. The lowest BCUT2D eigenvalue weighted by Crippen LogP contribution is -2.36. The monoisotopic (exact) mass is 462 g/mol. The highest BCUT2D eigenvalue weighted by atomic mass is 32.1. The molecule has 3 aromatic rings. The number of amides is 1. The van der Waals surface area contributed by atoms with Crippen LogP contribution in [0.3, 0.4) is 0 Å². The Morgan fingerprint density at radius 2 is 1.91 bits per heavy atom. The lowest BCUT2D eigenvalue weighted by atomic mass is 9.98. The molecule has 0 aliphatic carbocycles. The van der Waals surface area contributed by atoms with E-state index in [9.17, 15) is 18.0 Å². The van der Waals surface area contributed by atoms with E-state index in [1.54, 1.807) is 25.2 Å². The average Bonchev–Trinajstić information content (AvgIpc) is 3.25. The Hall–Kier alpha value is -3.07. The maximum atomic E-state index is 13.0. The van der Waals surface area contributed by atoms with Crippen molar-refractivity contribution >= 4 is 22.9 Å². The molecule has 0 radical (unpaired) electrons. The first kappa shape index (κ1) is 22.1. The summed E-state index contributed by atoms with van der Waals surface area (Å²) in [5.41, 5.74) is 1.86. The fraction of sp³-hybridized carbons (Fsp3) is 0.304. The maximum Gasteiger partial charge on any atom is 0.416 e. The summed E-state index contributed by atoms with van der Waals surface area (Å²) in [7, 11) is 3.12. The number of aryl methyl sites for hydroxylation is 1. The molecule has 168 valence electrons. The van der Waals surface area contributed by atoms with Crippen molar-refractivity contribution in [1.29, 1.82) is 0 Å². The number of anilines is 1. The van der Waals surface area contributed by atoms with Crippen LogP contribution >= 0.6 is 11.3 Å². The summed E-state index contributed by atoms with van der Waals surface area (Å²) in [5.74, 6) is 1.01. The summed E-state index contributed by atoms with van der Waals surface area (Å²) in [6.07, 6.45) is -3.19. The van der Waals surface area contributed by atoms with Crippen molar-refractivity contribution in [3.8, 4) is 22.1 Å². The number of thiazole rings is 1. The average molecular weight is 462 g/mol. The van der Waals surface area contributed by atoms with Gasteiger partial charge in [-0.25, -0.2) is 4.98 Å². The highest BCUT2D eigenvalue weighted by Crippen LogP contribution is 2.36. The number of alkyl halides is 3. The molecule has 0 N–H and O–H groups in total. The van der Waals surface area contributed by atoms with Gasteiger partial charge in [-0.3, -0.25) is 4.79 Å². The summed E-state index contributed by atoms with van der Waals surface area (Å²) >= 11 is 1.41.